The molecule has 2 aromatic heterocycles. The maximum Gasteiger partial charge on any atom is 0.343 e. The SMILES string of the molecule is CCOC(=O)c1cncnc1NCc1cccc(-c2nc(-c3ccccc3)cs2)c1. The Morgan fingerprint density at radius 2 is 1.93 bits per heavy atom. The Morgan fingerprint density at radius 1 is 1.10 bits per heavy atom. The summed E-state index contributed by atoms with van der Waals surface area (Å²) in [5, 5.41) is 6.24. The summed E-state index contributed by atoms with van der Waals surface area (Å²) in [6.45, 7) is 2.57. The van der Waals surface area contributed by atoms with Crippen molar-refractivity contribution in [2.24, 2.45) is 0 Å². The first-order chi connectivity index (χ1) is 14.7. The van der Waals surface area contributed by atoms with Gasteiger partial charge in [-0.15, -0.1) is 11.3 Å². The van der Waals surface area contributed by atoms with E-state index >= 15 is 0 Å². The minimum Gasteiger partial charge on any atom is -0.462 e. The Labute approximate surface area is 178 Å². The molecule has 0 fully saturated rings. The van der Waals surface area contributed by atoms with Crippen LogP contribution in [0.3, 0.4) is 0 Å². The van der Waals surface area contributed by atoms with Gasteiger partial charge in [-0.05, 0) is 18.6 Å². The number of thiazole rings is 1. The van der Waals surface area contributed by atoms with E-state index in [1.165, 1.54) is 12.5 Å². The van der Waals surface area contributed by atoms with Crippen LogP contribution in [-0.2, 0) is 11.3 Å². The summed E-state index contributed by atoms with van der Waals surface area (Å²) in [6.07, 6.45) is 2.87. The summed E-state index contributed by atoms with van der Waals surface area (Å²) < 4.78 is 5.07. The fourth-order valence-electron chi connectivity index (χ4n) is 2.98. The number of carbonyl (C=O) groups excluding carboxylic acids is 1. The van der Waals surface area contributed by atoms with Gasteiger partial charge in [0.25, 0.3) is 0 Å². The fraction of sp³-hybridized carbons (Fsp3) is 0.130. The highest BCUT2D eigenvalue weighted by Gasteiger charge is 2.14. The standard InChI is InChI=1S/C23H20N4O2S/c1-2-29-23(28)19-13-24-15-26-21(19)25-12-16-7-6-10-18(11-16)22-27-20(14-30-22)17-8-4-3-5-9-17/h3-11,13-15H,2,12H2,1H3,(H,24,25,26). The monoisotopic (exact) mass is 416 g/mol. The normalized spacial score (nSPS) is 10.6. The molecule has 0 aliphatic rings. The molecule has 0 spiro atoms. The molecule has 30 heavy (non-hydrogen) atoms. The predicted octanol–water partition coefficient (Wildman–Crippen LogP) is 5.06. The molecule has 2 heterocycles. The maximum absolute atomic E-state index is 12.1. The van der Waals surface area contributed by atoms with Gasteiger partial charge in [0.05, 0.1) is 12.3 Å². The van der Waals surface area contributed by atoms with E-state index in [1.807, 2.05) is 36.4 Å². The lowest BCUT2D eigenvalue weighted by Crippen LogP contribution is -2.11. The first-order valence-corrected chi connectivity index (χ1v) is 10.4. The number of nitrogens with zero attached hydrogens (tertiary/aromatic N) is 3. The van der Waals surface area contributed by atoms with E-state index in [2.05, 4.69) is 38.9 Å². The van der Waals surface area contributed by atoms with E-state index in [-0.39, 0.29) is 0 Å². The first kappa shape index (κ1) is 19.7. The maximum atomic E-state index is 12.1. The zero-order valence-corrected chi connectivity index (χ0v) is 17.2. The number of anilines is 1. The van der Waals surface area contributed by atoms with Crippen molar-refractivity contribution in [2.45, 2.75) is 13.5 Å². The van der Waals surface area contributed by atoms with Crippen LogP contribution in [0.15, 0.2) is 72.5 Å². The van der Waals surface area contributed by atoms with E-state index in [9.17, 15) is 4.79 Å². The molecule has 2 aromatic carbocycles. The zero-order chi connectivity index (χ0) is 20.8. The molecule has 4 rings (SSSR count). The topological polar surface area (TPSA) is 77.0 Å². The highest BCUT2D eigenvalue weighted by atomic mass is 32.1. The predicted molar refractivity (Wildman–Crippen MR) is 118 cm³/mol. The number of hydrogen-bond donors (Lipinski definition) is 1. The van der Waals surface area contributed by atoms with Gasteiger partial charge < -0.3 is 10.1 Å². The number of benzene rings is 2. The Morgan fingerprint density at radius 3 is 2.77 bits per heavy atom. The molecular weight excluding hydrogens is 396 g/mol. The van der Waals surface area contributed by atoms with Gasteiger partial charge in [0.15, 0.2) is 0 Å². The molecule has 0 saturated carbocycles. The number of hydrogen-bond acceptors (Lipinski definition) is 7. The van der Waals surface area contributed by atoms with Crippen molar-refractivity contribution in [1.29, 1.82) is 0 Å². The molecule has 0 radical (unpaired) electrons. The molecule has 4 aromatic rings. The van der Waals surface area contributed by atoms with E-state index < -0.39 is 5.97 Å². The van der Waals surface area contributed by atoms with Gasteiger partial charge in [0, 0.05) is 29.2 Å². The number of carbonyl (C=O) groups is 1. The van der Waals surface area contributed by atoms with Crippen LogP contribution in [0.4, 0.5) is 5.82 Å². The second-order valence-corrected chi connectivity index (χ2v) is 7.32. The molecule has 0 amide bonds. The van der Waals surface area contributed by atoms with Crippen LogP contribution in [0.2, 0.25) is 0 Å². The van der Waals surface area contributed by atoms with Crippen molar-refractivity contribution in [3.8, 4) is 21.8 Å². The van der Waals surface area contributed by atoms with Crippen molar-refractivity contribution in [3.05, 3.63) is 83.6 Å². The fourth-order valence-corrected chi connectivity index (χ4v) is 3.80. The Hall–Kier alpha value is -3.58. The lowest BCUT2D eigenvalue weighted by atomic mass is 10.1. The Kier molecular flexibility index (Phi) is 6.10. The molecule has 0 aliphatic heterocycles. The second-order valence-electron chi connectivity index (χ2n) is 6.46. The first-order valence-electron chi connectivity index (χ1n) is 9.56. The van der Waals surface area contributed by atoms with Gasteiger partial charge in [-0.3, -0.25) is 0 Å². The number of rotatable bonds is 7. The lowest BCUT2D eigenvalue weighted by molar-refractivity contribution is 0.0526. The van der Waals surface area contributed by atoms with Gasteiger partial charge in [0.1, 0.15) is 22.7 Å². The van der Waals surface area contributed by atoms with Crippen LogP contribution in [-0.4, -0.2) is 27.5 Å². The molecular formula is C23H20N4O2S. The highest BCUT2D eigenvalue weighted by Crippen LogP contribution is 2.29. The molecule has 0 atom stereocenters. The molecule has 0 unspecified atom stereocenters. The average molecular weight is 417 g/mol. The summed E-state index contributed by atoms with van der Waals surface area (Å²) >= 11 is 1.62. The van der Waals surface area contributed by atoms with Gasteiger partial charge in [-0.1, -0.05) is 48.5 Å². The number of ether oxygens (including phenoxy) is 1. The molecule has 0 bridgehead atoms. The second kappa shape index (κ2) is 9.28. The van der Waals surface area contributed by atoms with Crippen LogP contribution in [0.25, 0.3) is 21.8 Å². The highest BCUT2D eigenvalue weighted by molar-refractivity contribution is 7.13. The number of nitrogens with one attached hydrogen (secondary N) is 1. The summed E-state index contributed by atoms with van der Waals surface area (Å²) in [4.78, 5) is 25.0. The minimum atomic E-state index is -0.439. The van der Waals surface area contributed by atoms with Crippen LogP contribution < -0.4 is 5.32 Å². The molecule has 7 heteroatoms. The van der Waals surface area contributed by atoms with E-state index in [0.29, 0.717) is 24.5 Å². The van der Waals surface area contributed by atoms with Gasteiger partial charge >= 0.3 is 5.97 Å². The summed E-state index contributed by atoms with van der Waals surface area (Å²) in [5.41, 5.74) is 4.50. The van der Waals surface area contributed by atoms with Crippen molar-refractivity contribution in [1.82, 2.24) is 15.0 Å². The third-order valence-corrected chi connectivity index (χ3v) is 5.31. The van der Waals surface area contributed by atoms with Crippen LogP contribution >= 0.6 is 11.3 Å². The minimum absolute atomic E-state index is 0.300. The average Bonchev–Trinajstić information content (AvgIpc) is 3.29. The van der Waals surface area contributed by atoms with Gasteiger partial charge in [-0.2, -0.15) is 0 Å². The van der Waals surface area contributed by atoms with Gasteiger partial charge in [0.2, 0.25) is 0 Å². The largest absolute Gasteiger partial charge is 0.462 e. The van der Waals surface area contributed by atoms with Crippen molar-refractivity contribution in [3.63, 3.8) is 0 Å². The Balaban J connectivity index is 1.50. The molecule has 0 saturated heterocycles. The van der Waals surface area contributed by atoms with Crippen LogP contribution in [0.1, 0.15) is 22.8 Å². The van der Waals surface area contributed by atoms with Crippen LogP contribution in [0, 0.1) is 0 Å². The van der Waals surface area contributed by atoms with E-state index in [0.717, 1.165) is 27.4 Å². The summed E-state index contributed by atoms with van der Waals surface area (Å²) in [6, 6.07) is 18.3. The number of aromatic nitrogens is 3. The van der Waals surface area contributed by atoms with Crippen molar-refractivity contribution < 1.29 is 9.53 Å². The summed E-state index contributed by atoms with van der Waals surface area (Å²) in [5.74, 6) is 0.0139. The van der Waals surface area contributed by atoms with Crippen molar-refractivity contribution in [2.75, 3.05) is 11.9 Å². The molecule has 0 aliphatic carbocycles. The van der Waals surface area contributed by atoms with Crippen molar-refractivity contribution >= 4 is 23.1 Å². The van der Waals surface area contributed by atoms with E-state index in [4.69, 9.17) is 9.72 Å². The zero-order valence-electron chi connectivity index (χ0n) is 16.4. The number of esters is 1. The quantitative estimate of drug-likeness (QED) is 0.425. The molecule has 6 nitrogen and oxygen atoms in total. The summed E-state index contributed by atoms with van der Waals surface area (Å²) in [7, 11) is 0. The molecule has 150 valence electrons. The lowest BCUT2D eigenvalue weighted by Gasteiger charge is -2.10. The molecule has 1 N–H and O–H groups in total. The smallest absolute Gasteiger partial charge is 0.343 e. The van der Waals surface area contributed by atoms with E-state index in [1.54, 1.807) is 18.3 Å². The third kappa shape index (κ3) is 4.52. The van der Waals surface area contributed by atoms with Crippen LogP contribution in [0.5, 0.6) is 0 Å². The third-order valence-electron chi connectivity index (χ3n) is 4.42. The van der Waals surface area contributed by atoms with Gasteiger partial charge in [-0.25, -0.2) is 19.7 Å². The Bertz CT molecular complexity index is 1140.